The van der Waals surface area contributed by atoms with Crippen LogP contribution in [0.15, 0.2) is 18.3 Å². The predicted molar refractivity (Wildman–Crippen MR) is 64.9 cm³/mol. The highest BCUT2D eigenvalue weighted by atomic mass is 15.3. The highest BCUT2D eigenvalue weighted by Crippen LogP contribution is 2.26. The summed E-state index contributed by atoms with van der Waals surface area (Å²) in [5.41, 5.74) is 2.45. The van der Waals surface area contributed by atoms with Crippen molar-refractivity contribution in [2.45, 2.75) is 39.2 Å². The first kappa shape index (κ1) is 10.4. The maximum Gasteiger partial charge on any atom is 0.139 e. The molecule has 1 aliphatic heterocycles. The fourth-order valence-electron chi connectivity index (χ4n) is 2.28. The molecule has 17 heavy (non-hydrogen) atoms. The Hall–Kier alpha value is -1.71. The summed E-state index contributed by atoms with van der Waals surface area (Å²) in [6.45, 7) is 7.35. The quantitative estimate of drug-likeness (QED) is 0.590. The summed E-state index contributed by atoms with van der Waals surface area (Å²) in [6, 6.07) is 4.13. The van der Waals surface area contributed by atoms with Crippen molar-refractivity contribution >= 4 is 0 Å². The molecular formula is C13H16N4. The second kappa shape index (κ2) is 3.39. The Labute approximate surface area is 101 Å². The van der Waals surface area contributed by atoms with Crippen molar-refractivity contribution in [1.82, 2.24) is 19.7 Å². The number of pyridine rings is 1. The van der Waals surface area contributed by atoms with Crippen LogP contribution in [-0.2, 0) is 18.4 Å². The molecule has 0 N–H and O–H groups in total. The lowest BCUT2D eigenvalue weighted by Gasteiger charge is -2.23. The first-order chi connectivity index (χ1) is 8.05. The molecule has 0 atom stereocenters. The molecule has 0 saturated heterocycles. The van der Waals surface area contributed by atoms with E-state index in [9.17, 15) is 0 Å². The average Bonchev–Trinajstić information content (AvgIpc) is 2.68. The fraction of sp³-hybridized carbons (Fsp3) is 0.462. The monoisotopic (exact) mass is 228 g/mol. The van der Waals surface area contributed by atoms with Gasteiger partial charge >= 0.3 is 0 Å². The first-order valence-corrected chi connectivity index (χ1v) is 5.91. The van der Waals surface area contributed by atoms with E-state index in [2.05, 4.69) is 46.6 Å². The van der Waals surface area contributed by atoms with E-state index >= 15 is 0 Å². The molecule has 3 rings (SSSR count). The molecule has 0 fully saturated rings. The zero-order valence-corrected chi connectivity index (χ0v) is 10.4. The summed E-state index contributed by atoms with van der Waals surface area (Å²) in [4.78, 5) is 4.41. The van der Waals surface area contributed by atoms with Crippen molar-refractivity contribution in [2.75, 3.05) is 0 Å². The fourth-order valence-corrected chi connectivity index (χ4v) is 2.28. The first-order valence-electron chi connectivity index (χ1n) is 5.91. The number of nitrogens with zero attached hydrogens (tertiary/aromatic N) is 4. The van der Waals surface area contributed by atoms with Gasteiger partial charge in [0.25, 0.3) is 0 Å². The van der Waals surface area contributed by atoms with Crippen LogP contribution in [0.3, 0.4) is 0 Å². The van der Waals surface area contributed by atoms with Crippen molar-refractivity contribution in [1.29, 1.82) is 0 Å². The largest absolute Gasteiger partial charge is 0.310 e. The van der Waals surface area contributed by atoms with Crippen LogP contribution in [0.25, 0.3) is 0 Å². The molecule has 88 valence electrons. The zero-order valence-electron chi connectivity index (χ0n) is 10.4. The van der Waals surface area contributed by atoms with Gasteiger partial charge in [0.15, 0.2) is 0 Å². The summed E-state index contributed by atoms with van der Waals surface area (Å²) in [7, 11) is 0. The van der Waals surface area contributed by atoms with Crippen molar-refractivity contribution < 1.29 is 0 Å². The average molecular weight is 228 g/mol. The summed E-state index contributed by atoms with van der Waals surface area (Å²) in [6.07, 6.45) is 2.63. The van der Waals surface area contributed by atoms with Crippen molar-refractivity contribution in [2.24, 2.45) is 0 Å². The minimum Gasteiger partial charge on any atom is -0.310 e. The van der Waals surface area contributed by atoms with Crippen LogP contribution in [-0.4, -0.2) is 19.7 Å². The van der Waals surface area contributed by atoms with Crippen LogP contribution >= 0.6 is 0 Å². The van der Waals surface area contributed by atoms with Gasteiger partial charge in [0.05, 0.1) is 18.7 Å². The molecular weight excluding hydrogens is 212 g/mol. The second-order valence-corrected chi connectivity index (χ2v) is 5.56. The van der Waals surface area contributed by atoms with E-state index in [1.165, 1.54) is 5.56 Å². The van der Waals surface area contributed by atoms with Gasteiger partial charge < -0.3 is 4.57 Å². The predicted octanol–water partition coefficient (Wildman–Crippen LogP) is 1.92. The van der Waals surface area contributed by atoms with Gasteiger partial charge in [-0.25, -0.2) is 0 Å². The third-order valence-electron chi connectivity index (χ3n) is 3.14. The number of hydrogen-bond acceptors (Lipinski definition) is 3. The zero-order chi connectivity index (χ0) is 12.0. The summed E-state index contributed by atoms with van der Waals surface area (Å²) < 4.78 is 2.23. The van der Waals surface area contributed by atoms with Crippen LogP contribution in [0.1, 0.15) is 43.7 Å². The molecule has 4 heteroatoms. The molecule has 1 aliphatic rings. The molecule has 0 radical (unpaired) electrons. The van der Waals surface area contributed by atoms with E-state index in [0.29, 0.717) is 0 Å². The Morgan fingerprint density at radius 1 is 1.24 bits per heavy atom. The molecule has 0 amide bonds. The summed E-state index contributed by atoms with van der Waals surface area (Å²) in [5.74, 6) is 2.09. The second-order valence-electron chi connectivity index (χ2n) is 5.56. The van der Waals surface area contributed by atoms with E-state index in [1.807, 2.05) is 12.3 Å². The molecule has 0 bridgehead atoms. The highest BCUT2D eigenvalue weighted by molar-refractivity contribution is 5.28. The van der Waals surface area contributed by atoms with Gasteiger partial charge in [-0.3, -0.25) is 4.98 Å². The minimum atomic E-state index is 0.0327. The van der Waals surface area contributed by atoms with E-state index < -0.39 is 0 Å². The summed E-state index contributed by atoms with van der Waals surface area (Å²) in [5, 5.41) is 8.63. The lowest BCUT2D eigenvalue weighted by molar-refractivity contribution is 0.500. The van der Waals surface area contributed by atoms with Crippen LogP contribution < -0.4 is 0 Å². The minimum absolute atomic E-state index is 0.0327. The molecule has 0 aliphatic carbocycles. The molecule has 0 spiro atoms. The van der Waals surface area contributed by atoms with Crippen LogP contribution in [0, 0.1) is 0 Å². The molecule has 0 unspecified atom stereocenters. The van der Waals surface area contributed by atoms with Gasteiger partial charge in [-0.2, -0.15) is 0 Å². The van der Waals surface area contributed by atoms with E-state index in [1.54, 1.807) is 0 Å². The van der Waals surface area contributed by atoms with Gasteiger partial charge in [0, 0.05) is 11.6 Å². The molecule has 2 aromatic heterocycles. The summed E-state index contributed by atoms with van der Waals surface area (Å²) >= 11 is 0. The van der Waals surface area contributed by atoms with Crippen LogP contribution in [0.4, 0.5) is 0 Å². The highest BCUT2D eigenvalue weighted by Gasteiger charge is 2.27. The van der Waals surface area contributed by atoms with Gasteiger partial charge in [0.2, 0.25) is 0 Å². The SMILES string of the molecule is CC(C)(C)c1nnc2n1Cc1cccnc1C2. The van der Waals surface area contributed by atoms with Gasteiger partial charge in [0.1, 0.15) is 11.6 Å². The smallest absolute Gasteiger partial charge is 0.139 e. The van der Waals surface area contributed by atoms with Crippen molar-refractivity contribution in [3.8, 4) is 0 Å². The van der Waals surface area contributed by atoms with E-state index in [4.69, 9.17) is 0 Å². The van der Waals surface area contributed by atoms with E-state index in [-0.39, 0.29) is 5.41 Å². The molecule has 0 saturated carbocycles. The standard InChI is InChI=1S/C13H16N4/c1-13(2,3)12-16-15-11-7-10-9(8-17(11)12)5-4-6-14-10/h4-6H,7-8H2,1-3H3. The Morgan fingerprint density at radius 3 is 2.82 bits per heavy atom. The van der Waals surface area contributed by atoms with Gasteiger partial charge in [-0.05, 0) is 11.6 Å². The Bertz CT molecular complexity index is 563. The Kier molecular flexibility index (Phi) is 2.08. The third-order valence-corrected chi connectivity index (χ3v) is 3.14. The molecule has 0 aromatic carbocycles. The topological polar surface area (TPSA) is 43.6 Å². The van der Waals surface area contributed by atoms with Crippen LogP contribution in [0.2, 0.25) is 0 Å². The lowest BCUT2D eigenvalue weighted by Crippen LogP contribution is -2.23. The molecule has 4 nitrogen and oxygen atoms in total. The Morgan fingerprint density at radius 2 is 2.06 bits per heavy atom. The third kappa shape index (κ3) is 1.64. The number of rotatable bonds is 0. The number of hydrogen-bond donors (Lipinski definition) is 0. The molecule has 3 heterocycles. The number of aromatic nitrogens is 4. The van der Waals surface area contributed by atoms with E-state index in [0.717, 1.165) is 30.3 Å². The maximum absolute atomic E-state index is 4.41. The van der Waals surface area contributed by atoms with Crippen molar-refractivity contribution in [3.05, 3.63) is 41.2 Å². The lowest BCUT2D eigenvalue weighted by atomic mass is 9.95. The van der Waals surface area contributed by atoms with Gasteiger partial charge in [-0.1, -0.05) is 26.8 Å². The molecule has 2 aromatic rings. The normalized spacial score (nSPS) is 14.3. The van der Waals surface area contributed by atoms with Gasteiger partial charge in [-0.15, -0.1) is 10.2 Å². The Balaban J connectivity index is 2.09. The van der Waals surface area contributed by atoms with Crippen LogP contribution in [0.5, 0.6) is 0 Å². The number of fused-ring (bicyclic) bond motifs is 2. The maximum atomic E-state index is 4.41. The van der Waals surface area contributed by atoms with Crippen molar-refractivity contribution in [3.63, 3.8) is 0 Å².